The number of thioether (sulfide) groups is 1. The van der Waals surface area contributed by atoms with Gasteiger partial charge in [-0.1, -0.05) is 36.0 Å². The second-order valence-corrected chi connectivity index (χ2v) is 8.39. The molecule has 0 bridgehead atoms. The lowest BCUT2D eigenvalue weighted by molar-refractivity contribution is -0.130. The lowest BCUT2D eigenvalue weighted by Crippen LogP contribution is -2.28. The molecular formula is C21H16N4O2S2. The predicted molar refractivity (Wildman–Crippen MR) is 114 cm³/mol. The predicted octanol–water partition coefficient (Wildman–Crippen LogP) is 4.75. The summed E-state index contributed by atoms with van der Waals surface area (Å²) in [5.41, 5.74) is 1.78. The summed E-state index contributed by atoms with van der Waals surface area (Å²) in [4.78, 5) is 22.8. The monoisotopic (exact) mass is 420 g/mol. The van der Waals surface area contributed by atoms with Crippen LogP contribution in [0.1, 0.15) is 23.1 Å². The van der Waals surface area contributed by atoms with Gasteiger partial charge in [0.15, 0.2) is 0 Å². The van der Waals surface area contributed by atoms with Crippen LogP contribution in [0.5, 0.6) is 0 Å². The number of aromatic nitrogens is 2. The Bertz CT molecular complexity index is 1170. The molecule has 0 fully saturated rings. The molecule has 144 valence electrons. The van der Waals surface area contributed by atoms with E-state index in [4.69, 9.17) is 4.42 Å². The minimum atomic E-state index is -0.225. The van der Waals surface area contributed by atoms with Gasteiger partial charge in [0.2, 0.25) is 0 Å². The van der Waals surface area contributed by atoms with Crippen molar-refractivity contribution in [3.05, 3.63) is 77.1 Å². The molecule has 0 spiro atoms. The molecule has 4 aromatic rings. The number of carbonyl (C=O) groups excluding carboxylic acids is 1. The molecule has 6 nitrogen and oxygen atoms in total. The minimum absolute atomic E-state index is 0.0781. The Hall–Kier alpha value is -2.97. The first kappa shape index (κ1) is 18.1. The maximum absolute atomic E-state index is 13.1. The first-order valence-corrected chi connectivity index (χ1v) is 11.0. The van der Waals surface area contributed by atoms with Crippen molar-refractivity contribution in [2.45, 2.75) is 17.5 Å². The molecule has 3 aromatic heterocycles. The summed E-state index contributed by atoms with van der Waals surface area (Å²) in [5.74, 6) is 0.899. The van der Waals surface area contributed by atoms with Crippen molar-refractivity contribution in [3.8, 4) is 0 Å². The smallest absolute Gasteiger partial charge is 0.253 e. The maximum Gasteiger partial charge on any atom is 0.253 e. The van der Waals surface area contributed by atoms with E-state index in [1.165, 1.54) is 18.1 Å². The zero-order chi connectivity index (χ0) is 19.6. The summed E-state index contributed by atoms with van der Waals surface area (Å²) in [6, 6.07) is 15.3. The third-order valence-corrected chi connectivity index (χ3v) is 6.59. The quantitative estimate of drug-likeness (QED) is 0.344. The molecule has 0 radical (unpaired) electrons. The van der Waals surface area contributed by atoms with Crippen LogP contribution in [0.25, 0.3) is 10.9 Å². The first-order chi connectivity index (χ1) is 14.3. The molecule has 0 saturated heterocycles. The second kappa shape index (κ2) is 7.81. The fourth-order valence-corrected chi connectivity index (χ4v) is 4.89. The fourth-order valence-electron chi connectivity index (χ4n) is 3.33. The minimum Gasteiger partial charge on any atom is -0.467 e. The standard InChI is InChI=1S/C21H16N4O2S2/c26-20(12-29-21-14-5-1-2-6-15(14)22-13-23-21)25-17(18-7-3-9-27-18)11-16(24-25)19-8-4-10-28-19/h1-10,13,17H,11-12H2/t17-/m1/s1. The number of furan rings is 1. The van der Waals surface area contributed by atoms with Crippen molar-refractivity contribution in [1.29, 1.82) is 0 Å². The number of hydrazone groups is 1. The van der Waals surface area contributed by atoms with E-state index in [9.17, 15) is 4.79 Å². The molecule has 1 amide bonds. The van der Waals surface area contributed by atoms with Gasteiger partial charge in [0, 0.05) is 11.8 Å². The van der Waals surface area contributed by atoms with Crippen LogP contribution in [0.15, 0.2) is 81.0 Å². The van der Waals surface area contributed by atoms with Crippen LogP contribution in [0, 0.1) is 0 Å². The molecular weight excluding hydrogens is 404 g/mol. The molecule has 4 heterocycles. The van der Waals surface area contributed by atoms with E-state index in [0.717, 1.165) is 32.3 Å². The molecule has 29 heavy (non-hydrogen) atoms. The van der Waals surface area contributed by atoms with E-state index >= 15 is 0 Å². The largest absolute Gasteiger partial charge is 0.467 e. The fraction of sp³-hybridized carbons (Fsp3) is 0.143. The Labute approximate surface area is 175 Å². The number of carbonyl (C=O) groups is 1. The van der Waals surface area contributed by atoms with Crippen molar-refractivity contribution in [2.24, 2.45) is 5.10 Å². The molecule has 0 aliphatic carbocycles. The van der Waals surface area contributed by atoms with Gasteiger partial charge in [0.1, 0.15) is 23.2 Å². The third kappa shape index (κ3) is 3.56. The molecule has 1 aliphatic heterocycles. The van der Waals surface area contributed by atoms with E-state index in [1.807, 2.05) is 53.9 Å². The molecule has 0 saturated carbocycles. The summed E-state index contributed by atoms with van der Waals surface area (Å²) < 4.78 is 5.59. The van der Waals surface area contributed by atoms with Crippen molar-refractivity contribution in [2.75, 3.05) is 5.75 Å². The van der Waals surface area contributed by atoms with Crippen LogP contribution in [0.4, 0.5) is 0 Å². The van der Waals surface area contributed by atoms with Crippen molar-refractivity contribution >= 4 is 45.6 Å². The summed E-state index contributed by atoms with van der Waals surface area (Å²) in [6.45, 7) is 0. The molecule has 1 atom stereocenters. The maximum atomic E-state index is 13.1. The van der Waals surface area contributed by atoms with Crippen LogP contribution in [0.2, 0.25) is 0 Å². The van der Waals surface area contributed by atoms with E-state index < -0.39 is 0 Å². The average molecular weight is 421 g/mol. The number of nitrogens with zero attached hydrogens (tertiary/aromatic N) is 4. The number of amides is 1. The third-order valence-electron chi connectivity index (χ3n) is 4.68. The molecule has 5 rings (SSSR count). The summed E-state index contributed by atoms with van der Waals surface area (Å²) >= 11 is 3.03. The number of benzene rings is 1. The summed E-state index contributed by atoms with van der Waals surface area (Å²) in [6.07, 6.45) is 3.80. The second-order valence-electron chi connectivity index (χ2n) is 6.48. The Morgan fingerprint density at radius 1 is 1.17 bits per heavy atom. The Morgan fingerprint density at radius 2 is 2.10 bits per heavy atom. The van der Waals surface area contributed by atoms with Gasteiger partial charge in [-0.15, -0.1) is 11.3 Å². The highest BCUT2D eigenvalue weighted by molar-refractivity contribution is 8.00. The molecule has 0 unspecified atom stereocenters. The van der Waals surface area contributed by atoms with Gasteiger partial charge in [0.05, 0.1) is 28.1 Å². The molecule has 1 aromatic carbocycles. The summed E-state index contributed by atoms with van der Waals surface area (Å²) in [7, 11) is 0. The highest BCUT2D eigenvalue weighted by Gasteiger charge is 2.35. The van der Waals surface area contributed by atoms with Crippen molar-refractivity contribution in [1.82, 2.24) is 15.0 Å². The SMILES string of the molecule is O=C(CSc1ncnc2ccccc12)N1N=C(c2cccs2)C[C@@H]1c1ccco1. The van der Waals surface area contributed by atoms with Gasteiger partial charge < -0.3 is 4.42 Å². The number of fused-ring (bicyclic) bond motifs is 1. The lowest BCUT2D eigenvalue weighted by Gasteiger charge is -2.19. The molecule has 0 N–H and O–H groups in total. The molecule has 1 aliphatic rings. The van der Waals surface area contributed by atoms with Crippen LogP contribution in [-0.2, 0) is 4.79 Å². The van der Waals surface area contributed by atoms with Crippen LogP contribution in [0.3, 0.4) is 0 Å². The first-order valence-electron chi connectivity index (χ1n) is 9.09. The zero-order valence-corrected chi connectivity index (χ0v) is 16.9. The van der Waals surface area contributed by atoms with Crippen molar-refractivity contribution in [3.63, 3.8) is 0 Å². The lowest BCUT2D eigenvalue weighted by atomic mass is 10.1. The van der Waals surface area contributed by atoms with Gasteiger partial charge >= 0.3 is 0 Å². The average Bonchev–Trinajstić information content (AvgIpc) is 3.52. The highest BCUT2D eigenvalue weighted by atomic mass is 32.2. The normalized spacial score (nSPS) is 16.3. The van der Waals surface area contributed by atoms with E-state index in [-0.39, 0.29) is 17.7 Å². The van der Waals surface area contributed by atoms with Crippen molar-refractivity contribution < 1.29 is 9.21 Å². The van der Waals surface area contributed by atoms with Gasteiger partial charge in [-0.25, -0.2) is 15.0 Å². The van der Waals surface area contributed by atoms with Gasteiger partial charge in [-0.2, -0.15) is 5.10 Å². The Morgan fingerprint density at radius 3 is 2.93 bits per heavy atom. The topological polar surface area (TPSA) is 71.6 Å². The van der Waals surface area contributed by atoms with Crippen LogP contribution < -0.4 is 0 Å². The summed E-state index contributed by atoms with van der Waals surface area (Å²) in [5, 5.41) is 9.96. The van der Waals surface area contributed by atoms with Crippen LogP contribution >= 0.6 is 23.1 Å². The number of thiophene rings is 1. The van der Waals surface area contributed by atoms with E-state index in [0.29, 0.717) is 6.42 Å². The number of para-hydroxylation sites is 1. The van der Waals surface area contributed by atoms with E-state index in [2.05, 4.69) is 15.1 Å². The highest BCUT2D eigenvalue weighted by Crippen LogP contribution is 2.35. The van der Waals surface area contributed by atoms with Gasteiger partial charge in [-0.3, -0.25) is 4.79 Å². The Balaban J connectivity index is 1.39. The van der Waals surface area contributed by atoms with Gasteiger partial charge in [-0.05, 0) is 29.6 Å². The Kier molecular flexibility index (Phi) is 4.87. The number of hydrogen-bond donors (Lipinski definition) is 0. The zero-order valence-electron chi connectivity index (χ0n) is 15.3. The number of rotatable bonds is 5. The van der Waals surface area contributed by atoms with Gasteiger partial charge in [0.25, 0.3) is 5.91 Å². The number of hydrogen-bond acceptors (Lipinski definition) is 7. The molecule has 8 heteroatoms. The van der Waals surface area contributed by atoms with E-state index in [1.54, 1.807) is 22.6 Å². The van der Waals surface area contributed by atoms with Crippen LogP contribution in [-0.4, -0.2) is 32.3 Å².